The third kappa shape index (κ3) is 3.11. The van der Waals surface area contributed by atoms with Gasteiger partial charge in [-0.15, -0.1) is 0 Å². The number of nitrogens with two attached hydrogens (primary N) is 1. The molecule has 0 heterocycles. The zero-order valence-electron chi connectivity index (χ0n) is 8.83. The van der Waals surface area contributed by atoms with Gasteiger partial charge in [0.15, 0.2) is 0 Å². The van der Waals surface area contributed by atoms with E-state index in [4.69, 9.17) is 5.73 Å². The molecule has 2 heteroatoms. The molecule has 1 nitrogen and oxygen atoms in total. The Labute approximate surface area is 85.1 Å². The van der Waals surface area contributed by atoms with Crippen molar-refractivity contribution in [3.8, 4) is 0 Å². The molecule has 0 bridgehead atoms. The lowest BCUT2D eigenvalue weighted by molar-refractivity contribution is 0.440. The van der Waals surface area contributed by atoms with E-state index < -0.39 is 0 Å². The van der Waals surface area contributed by atoms with Crippen LogP contribution in [0, 0.1) is 11.7 Å². The first-order valence-corrected chi connectivity index (χ1v) is 5.13. The van der Waals surface area contributed by atoms with Crippen LogP contribution in [0.5, 0.6) is 0 Å². The van der Waals surface area contributed by atoms with E-state index in [9.17, 15) is 4.39 Å². The van der Waals surface area contributed by atoms with Crippen molar-refractivity contribution in [2.24, 2.45) is 11.7 Å². The summed E-state index contributed by atoms with van der Waals surface area (Å²) in [6.07, 6.45) is 1.91. The van der Waals surface area contributed by atoms with E-state index in [-0.39, 0.29) is 11.9 Å². The molecule has 2 unspecified atom stereocenters. The van der Waals surface area contributed by atoms with Crippen LogP contribution in [0.25, 0.3) is 0 Å². The molecule has 2 atom stereocenters. The van der Waals surface area contributed by atoms with E-state index in [0.29, 0.717) is 5.92 Å². The largest absolute Gasteiger partial charge is 0.327 e. The zero-order chi connectivity index (χ0) is 10.6. The second-order valence-electron chi connectivity index (χ2n) is 3.88. The SMILES string of the molecule is CCC(C)C(N)Cc1ccc(F)cc1. The quantitative estimate of drug-likeness (QED) is 0.785. The highest BCUT2D eigenvalue weighted by Gasteiger charge is 2.10. The average molecular weight is 195 g/mol. The summed E-state index contributed by atoms with van der Waals surface area (Å²) in [4.78, 5) is 0. The molecular formula is C12H18FN. The molecule has 0 radical (unpaired) electrons. The summed E-state index contributed by atoms with van der Waals surface area (Å²) in [6, 6.07) is 6.75. The monoisotopic (exact) mass is 195 g/mol. The van der Waals surface area contributed by atoms with Crippen LogP contribution >= 0.6 is 0 Å². The van der Waals surface area contributed by atoms with Crippen molar-refractivity contribution >= 4 is 0 Å². The Bertz CT molecular complexity index is 268. The fourth-order valence-corrected chi connectivity index (χ4v) is 1.40. The second kappa shape index (κ2) is 5.11. The fraction of sp³-hybridized carbons (Fsp3) is 0.500. The second-order valence-corrected chi connectivity index (χ2v) is 3.88. The standard InChI is InChI=1S/C12H18FN/c1-3-9(2)12(14)8-10-4-6-11(13)7-5-10/h4-7,9,12H,3,8,14H2,1-2H3. The van der Waals surface area contributed by atoms with E-state index in [1.165, 1.54) is 12.1 Å². The maximum atomic E-state index is 12.6. The molecule has 1 aromatic carbocycles. The molecule has 0 saturated heterocycles. The minimum atomic E-state index is -0.189. The van der Waals surface area contributed by atoms with Crippen molar-refractivity contribution in [1.82, 2.24) is 0 Å². The highest BCUT2D eigenvalue weighted by Crippen LogP contribution is 2.12. The highest BCUT2D eigenvalue weighted by molar-refractivity contribution is 5.17. The topological polar surface area (TPSA) is 26.0 Å². The van der Waals surface area contributed by atoms with Crippen LogP contribution in [-0.4, -0.2) is 6.04 Å². The highest BCUT2D eigenvalue weighted by atomic mass is 19.1. The van der Waals surface area contributed by atoms with Crippen molar-refractivity contribution in [2.45, 2.75) is 32.7 Å². The van der Waals surface area contributed by atoms with E-state index in [1.807, 2.05) is 0 Å². The predicted molar refractivity (Wildman–Crippen MR) is 57.5 cm³/mol. The van der Waals surface area contributed by atoms with Crippen molar-refractivity contribution in [1.29, 1.82) is 0 Å². The minimum Gasteiger partial charge on any atom is -0.327 e. The van der Waals surface area contributed by atoms with Gasteiger partial charge < -0.3 is 5.73 Å². The molecule has 0 fully saturated rings. The molecule has 0 aliphatic rings. The number of hydrogen-bond donors (Lipinski definition) is 1. The van der Waals surface area contributed by atoms with Gasteiger partial charge in [-0.2, -0.15) is 0 Å². The molecule has 0 aliphatic heterocycles. The van der Waals surface area contributed by atoms with Gasteiger partial charge in [-0.3, -0.25) is 0 Å². The predicted octanol–water partition coefficient (Wildman–Crippen LogP) is 2.74. The first-order valence-electron chi connectivity index (χ1n) is 5.13. The van der Waals surface area contributed by atoms with Crippen LogP contribution in [0.1, 0.15) is 25.8 Å². The molecule has 14 heavy (non-hydrogen) atoms. The van der Waals surface area contributed by atoms with Crippen LogP contribution in [0.3, 0.4) is 0 Å². The first kappa shape index (κ1) is 11.2. The van der Waals surface area contributed by atoms with E-state index in [1.54, 1.807) is 12.1 Å². The van der Waals surface area contributed by atoms with Gasteiger partial charge in [0.25, 0.3) is 0 Å². The van der Waals surface area contributed by atoms with Crippen LogP contribution in [-0.2, 0) is 6.42 Å². The van der Waals surface area contributed by atoms with Crippen LogP contribution < -0.4 is 5.73 Å². The molecule has 0 spiro atoms. The van der Waals surface area contributed by atoms with Crippen LogP contribution in [0.4, 0.5) is 4.39 Å². The first-order chi connectivity index (χ1) is 6.63. The Kier molecular flexibility index (Phi) is 4.08. The fourth-order valence-electron chi connectivity index (χ4n) is 1.40. The lowest BCUT2D eigenvalue weighted by Gasteiger charge is -2.18. The number of rotatable bonds is 4. The smallest absolute Gasteiger partial charge is 0.123 e. The Hall–Kier alpha value is -0.890. The normalized spacial score (nSPS) is 15.1. The maximum absolute atomic E-state index is 12.6. The van der Waals surface area contributed by atoms with Crippen molar-refractivity contribution in [3.05, 3.63) is 35.6 Å². The van der Waals surface area contributed by atoms with Crippen LogP contribution in [0.2, 0.25) is 0 Å². The molecule has 1 rings (SSSR count). The summed E-state index contributed by atoms with van der Waals surface area (Å²) in [5, 5.41) is 0. The number of halogens is 1. The summed E-state index contributed by atoms with van der Waals surface area (Å²) in [6.45, 7) is 4.28. The van der Waals surface area contributed by atoms with Gasteiger partial charge in [-0.05, 0) is 30.0 Å². The Balaban J connectivity index is 2.56. The minimum absolute atomic E-state index is 0.172. The molecule has 0 aliphatic carbocycles. The summed E-state index contributed by atoms with van der Waals surface area (Å²) in [5.41, 5.74) is 7.11. The molecule has 2 N–H and O–H groups in total. The average Bonchev–Trinajstić information content (AvgIpc) is 2.20. The van der Waals surface area contributed by atoms with E-state index in [2.05, 4.69) is 13.8 Å². The molecule has 1 aromatic rings. The molecule has 78 valence electrons. The maximum Gasteiger partial charge on any atom is 0.123 e. The van der Waals surface area contributed by atoms with Gasteiger partial charge in [0, 0.05) is 6.04 Å². The van der Waals surface area contributed by atoms with Gasteiger partial charge in [-0.1, -0.05) is 32.4 Å². The lowest BCUT2D eigenvalue weighted by Crippen LogP contribution is -2.30. The van der Waals surface area contributed by atoms with Gasteiger partial charge in [-0.25, -0.2) is 4.39 Å². The third-order valence-electron chi connectivity index (χ3n) is 2.76. The number of benzene rings is 1. The molecule has 0 saturated carbocycles. The third-order valence-corrected chi connectivity index (χ3v) is 2.76. The molecule has 0 amide bonds. The van der Waals surface area contributed by atoms with Crippen molar-refractivity contribution < 1.29 is 4.39 Å². The Morgan fingerprint density at radius 1 is 1.29 bits per heavy atom. The van der Waals surface area contributed by atoms with E-state index >= 15 is 0 Å². The van der Waals surface area contributed by atoms with Gasteiger partial charge in [0.2, 0.25) is 0 Å². The Morgan fingerprint density at radius 2 is 1.86 bits per heavy atom. The summed E-state index contributed by atoms with van der Waals surface area (Å²) in [7, 11) is 0. The number of hydrogen-bond acceptors (Lipinski definition) is 1. The van der Waals surface area contributed by atoms with Gasteiger partial charge in [0.05, 0.1) is 0 Å². The summed E-state index contributed by atoms with van der Waals surface area (Å²) in [5.74, 6) is 0.325. The Morgan fingerprint density at radius 3 is 2.36 bits per heavy atom. The van der Waals surface area contributed by atoms with Gasteiger partial charge >= 0.3 is 0 Å². The lowest BCUT2D eigenvalue weighted by atomic mass is 9.94. The summed E-state index contributed by atoms with van der Waals surface area (Å²) >= 11 is 0. The molecule has 0 aromatic heterocycles. The van der Waals surface area contributed by atoms with Crippen molar-refractivity contribution in [2.75, 3.05) is 0 Å². The zero-order valence-corrected chi connectivity index (χ0v) is 8.83. The van der Waals surface area contributed by atoms with Crippen molar-refractivity contribution in [3.63, 3.8) is 0 Å². The van der Waals surface area contributed by atoms with E-state index in [0.717, 1.165) is 18.4 Å². The van der Waals surface area contributed by atoms with Gasteiger partial charge in [0.1, 0.15) is 5.82 Å². The molecular weight excluding hydrogens is 177 g/mol. The summed E-state index contributed by atoms with van der Waals surface area (Å²) < 4.78 is 12.6. The van der Waals surface area contributed by atoms with Crippen LogP contribution in [0.15, 0.2) is 24.3 Å².